The highest BCUT2D eigenvalue weighted by Crippen LogP contribution is 2.15. The van der Waals surface area contributed by atoms with E-state index >= 15 is 0 Å². The van der Waals surface area contributed by atoms with Crippen LogP contribution in [0.4, 0.5) is 0 Å². The van der Waals surface area contributed by atoms with Crippen molar-refractivity contribution in [1.82, 2.24) is 0 Å². The predicted octanol–water partition coefficient (Wildman–Crippen LogP) is 21.7. The van der Waals surface area contributed by atoms with Gasteiger partial charge in [-0.3, -0.25) is 14.4 Å². The van der Waals surface area contributed by atoms with Crippen molar-refractivity contribution in [2.75, 3.05) is 13.2 Å². The Hall–Kier alpha value is -4.97. The van der Waals surface area contributed by atoms with Gasteiger partial charge in [0, 0.05) is 12.8 Å². The van der Waals surface area contributed by atoms with E-state index in [1.807, 2.05) is 6.08 Å². The van der Waals surface area contributed by atoms with E-state index in [1.54, 1.807) is 6.08 Å². The van der Waals surface area contributed by atoms with Crippen molar-refractivity contribution < 1.29 is 28.6 Å². The van der Waals surface area contributed by atoms with Crippen LogP contribution in [-0.4, -0.2) is 37.2 Å². The van der Waals surface area contributed by atoms with Gasteiger partial charge in [0.25, 0.3) is 0 Å². The van der Waals surface area contributed by atoms with Crippen LogP contribution in [0, 0.1) is 0 Å². The number of rotatable bonds is 55. The van der Waals surface area contributed by atoms with Crippen molar-refractivity contribution in [3.8, 4) is 0 Å². The molecular weight excluding hydrogens is 961 g/mol. The van der Waals surface area contributed by atoms with Crippen LogP contribution in [-0.2, 0) is 28.6 Å². The van der Waals surface area contributed by atoms with Gasteiger partial charge in [0.05, 0.1) is 6.42 Å². The minimum Gasteiger partial charge on any atom is -0.462 e. The number of carbonyl (C=O) groups is 3. The summed E-state index contributed by atoms with van der Waals surface area (Å²) in [5.74, 6) is -1.07. The van der Waals surface area contributed by atoms with Gasteiger partial charge in [-0.1, -0.05) is 288 Å². The zero-order valence-corrected chi connectivity index (χ0v) is 50.1. The lowest BCUT2D eigenvalue weighted by Gasteiger charge is -2.18. The van der Waals surface area contributed by atoms with Crippen LogP contribution in [0.5, 0.6) is 0 Å². The van der Waals surface area contributed by atoms with Gasteiger partial charge in [0.15, 0.2) is 6.10 Å². The SMILES string of the molecule is CC/C=C\C/C=C\C/C=C\C/C=C\C/C=C\C/C=C\C/C=C\C/C=C\CCCCCCCCCCC(=O)OCC(COC(=O)CCCCCCCCCCCCCC)OC(=O)C/C=C\C/C=C\C/C=C\C/C=C\C/C=C\CC. The summed E-state index contributed by atoms with van der Waals surface area (Å²) in [7, 11) is 0. The molecule has 0 bridgehead atoms. The maximum absolute atomic E-state index is 12.8. The highest BCUT2D eigenvalue weighted by Gasteiger charge is 2.19. The number of ether oxygens (including phenoxy) is 3. The molecule has 0 heterocycles. The van der Waals surface area contributed by atoms with E-state index < -0.39 is 12.1 Å². The number of unbranched alkanes of at least 4 members (excludes halogenated alkanes) is 19. The molecule has 0 saturated carbocycles. The fourth-order valence-corrected chi connectivity index (χ4v) is 8.18. The van der Waals surface area contributed by atoms with E-state index in [9.17, 15) is 14.4 Å². The lowest BCUT2D eigenvalue weighted by atomic mass is 10.0. The molecular formula is C72H114O6. The third-order valence-corrected chi connectivity index (χ3v) is 12.8. The molecule has 0 saturated heterocycles. The Morgan fingerprint density at radius 1 is 0.282 bits per heavy atom. The molecule has 0 aromatic rings. The summed E-state index contributed by atoms with van der Waals surface area (Å²) in [6, 6.07) is 0. The van der Waals surface area contributed by atoms with Crippen molar-refractivity contribution in [3.05, 3.63) is 158 Å². The van der Waals surface area contributed by atoms with Gasteiger partial charge in [0.2, 0.25) is 0 Å². The summed E-state index contributed by atoms with van der Waals surface area (Å²) in [4.78, 5) is 38.1. The number of allylic oxidation sites excluding steroid dienone is 25. The fraction of sp³-hybridized carbons (Fsp3) is 0.597. The predicted molar refractivity (Wildman–Crippen MR) is 338 cm³/mol. The Morgan fingerprint density at radius 2 is 0.538 bits per heavy atom. The highest BCUT2D eigenvalue weighted by molar-refractivity contribution is 5.72. The first-order valence-electron chi connectivity index (χ1n) is 31.5. The van der Waals surface area contributed by atoms with Crippen molar-refractivity contribution in [2.24, 2.45) is 0 Å². The quantitative estimate of drug-likeness (QED) is 0.0261. The van der Waals surface area contributed by atoms with Gasteiger partial charge in [-0.15, -0.1) is 0 Å². The average Bonchev–Trinajstić information content (AvgIpc) is 3.44. The van der Waals surface area contributed by atoms with Crippen molar-refractivity contribution in [3.63, 3.8) is 0 Å². The van der Waals surface area contributed by atoms with Gasteiger partial charge in [-0.2, -0.15) is 0 Å². The zero-order chi connectivity index (χ0) is 56.4. The molecule has 6 heteroatoms. The highest BCUT2D eigenvalue weighted by atomic mass is 16.6. The maximum atomic E-state index is 12.8. The Bertz CT molecular complexity index is 1760. The van der Waals surface area contributed by atoms with E-state index in [4.69, 9.17) is 14.2 Å². The molecule has 0 spiro atoms. The molecule has 0 aromatic heterocycles. The Kier molecular flexibility index (Phi) is 60.4. The standard InChI is InChI=1S/C72H114O6/c1-4-7-10-13-16-19-22-25-27-28-29-30-31-32-33-34-35-36-37-38-39-40-41-42-43-44-46-47-50-53-56-59-62-65-71(74)77-68-69(67-76-70(73)64-61-58-55-52-49-24-21-18-15-12-9-6-3)78-72(75)66-63-60-57-54-51-48-45-26-23-20-17-14-11-8-5-2/h7-8,10-11,16-17,19-20,25-27,29-30,32-33,35-36,38-39,41-42,45,51,54,60,63,69H,4-6,9,12-15,18,21-24,28,31,34,37,40,43-44,46-50,52-53,55-59,61-62,64-68H2,1-3H3/b10-7-,11-8-,19-16-,20-17-,27-25-,30-29-,33-32-,36-35-,39-38-,42-41-,45-26-,54-51-,63-60-. The van der Waals surface area contributed by atoms with E-state index in [-0.39, 0.29) is 31.6 Å². The second-order valence-corrected chi connectivity index (χ2v) is 20.2. The molecule has 6 nitrogen and oxygen atoms in total. The molecule has 0 radical (unpaired) electrons. The van der Waals surface area contributed by atoms with E-state index in [1.165, 1.54) is 89.9 Å². The van der Waals surface area contributed by atoms with Crippen LogP contribution < -0.4 is 0 Å². The summed E-state index contributed by atoms with van der Waals surface area (Å²) in [6.07, 6.45) is 94.2. The smallest absolute Gasteiger partial charge is 0.310 e. The molecule has 438 valence electrons. The monoisotopic (exact) mass is 1070 g/mol. The molecule has 0 N–H and O–H groups in total. The van der Waals surface area contributed by atoms with Crippen LogP contribution in [0.3, 0.4) is 0 Å². The van der Waals surface area contributed by atoms with E-state index in [2.05, 4.69) is 167 Å². The molecule has 1 unspecified atom stereocenters. The lowest BCUT2D eigenvalue weighted by Crippen LogP contribution is -2.30. The summed E-state index contributed by atoms with van der Waals surface area (Å²) < 4.78 is 16.8. The van der Waals surface area contributed by atoms with Gasteiger partial charge in [-0.25, -0.2) is 0 Å². The summed E-state index contributed by atoms with van der Waals surface area (Å²) >= 11 is 0. The summed E-state index contributed by atoms with van der Waals surface area (Å²) in [6.45, 7) is 6.31. The topological polar surface area (TPSA) is 78.9 Å². The fourth-order valence-electron chi connectivity index (χ4n) is 8.18. The molecule has 0 rings (SSSR count). The molecule has 0 aliphatic heterocycles. The Labute approximate surface area is 480 Å². The second kappa shape index (κ2) is 64.6. The van der Waals surface area contributed by atoms with Gasteiger partial charge in [0.1, 0.15) is 13.2 Å². The maximum Gasteiger partial charge on any atom is 0.310 e. The van der Waals surface area contributed by atoms with Crippen LogP contribution in [0.1, 0.15) is 258 Å². The second-order valence-electron chi connectivity index (χ2n) is 20.2. The van der Waals surface area contributed by atoms with Crippen molar-refractivity contribution in [1.29, 1.82) is 0 Å². The van der Waals surface area contributed by atoms with Crippen LogP contribution in [0.25, 0.3) is 0 Å². The molecule has 0 aliphatic carbocycles. The average molecular weight is 1080 g/mol. The number of esters is 3. The first kappa shape index (κ1) is 73.0. The zero-order valence-electron chi connectivity index (χ0n) is 50.1. The van der Waals surface area contributed by atoms with Crippen LogP contribution in [0.2, 0.25) is 0 Å². The number of hydrogen-bond acceptors (Lipinski definition) is 6. The van der Waals surface area contributed by atoms with Crippen LogP contribution >= 0.6 is 0 Å². The van der Waals surface area contributed by atoms with Crippen molar-refractivity contribution in [2.45, 2.75) is 264 Å². The van der Waals surface area contributed by atoms with Gasteiger partial charge < -0.3 is 14.2 Å². The summed E-state index contributed by atoms with van der Waals surface area (Å²) in [5.41, 5.74) is 0. The largest absolute Gasteiger partial charge is 0.462 e. The van der Waals surface area contributed by atoms with E-state index in [0.717, 1.165) is 122 Å². The first-order valence-corrected chi connectivity index (χ1v) is 31.5. The molecule has 1 atom stereocenters. The molecule has 0 aromatic carbocycles. The minimum atomic E-state index is -0.841. The normalized spacial score (nSPS) is 13.2. The lowest BCUT2D eigenvalue weighted by molar-refractivity contribution is -0.166. The third kappa shape index (κ3) is 61.9. The molecule has 0 fully saturated rings. The molecule has 0 amide bonds. The number of hydrogen-bond donors (Lipinski definition) is 0. The summed E-state index contributed by atoms with van der Waals surface area (Å²) in [5, 5.41) is 0. The van der Waals surface area contributed by atoms with E-state index in [0.29, 0.717) is 19.3 Å². The Balaban J connectivity index is 4.33. The van der Waals surface area contributed by atoms with Gasteiger partial charge in [-0.05, 0) is 109 Å². The van der Waals surface area contributed by atoms with Crippen LogP contribution in [0.15, 0.2) is 158 Å². The number of carbonyl (C=O) groups excluding carboxylic acids is 3. The molecule has 0 aliphatic rings. The third-order valence-electron chi connectivity index (χ3n) is 12.8. The minimum absolute atomic E-state index is 0.0902. The molecule has 78 heavy (non-hydrogen) atoms. The van der Waals surface area contributed by atoms with Gasteiger partial charge >= 0.3 is 17.9 Å². The first-order chi connectivity index (χ1) is 38.5. The van der Waals surface area contributed by atoms with Crippen molar-refractivity contribution >= 4 is 17.9 Å². The Morgan fingerprint density at radius 3 is 0.846 bits per heavy atom.